The van der Waals surface area contributed by atoms with Crippen molar-refractivity contribution in [3.63, 3.8) is 0 Å². The van der Waals surface area contributed by atoms with Gasteiger partial charge >= 0.3 is 12.0 Å². The molecular weight excluding hydrogens is 304 g/mol. The zero-order valence-corrected chi connectivity index (χ0v) is 12.9. The summed E-state index contributed by atoms with van der Waals surface area (Å²) in [6.07, 6.45) is 0. The van der Waals surface area contributed by atoms with Gasteiger partial charge in [-0.15, -0.1) is 0 Å². The van der Waals surface area contributed by atoms with Gasteiger partial charge < -0.3 is 15.4 Å². The first-order chi connectivity index (χ1) is 10.5. The minimum Gasteiger partial charge on any atom is -0.465 e. The van der Waals surface area contributed by atoms with E-state index >= 15 is 0 Å². The molecule has 0 spiro atoms. The molecule has 0 aliphatic carbocycles. The smallest absolute Gasteiger partial charge is 0.339 e. The lowest BCUT2D eigenvalue weighted by Crippen LogP contribution is -2.21. The Balaban J connectivity index is 2.16. The van der Waals surface area contributed by atoms with Crippen LogP contribution in [0.25, 0.3) is 0 Å². The van der Waals surface area contributed by atoms with Crippen molar-refractivity contribution in [3.05, 3.63) is 58.6 Å². The largest absolute Gasteiger partial charge is 0.465 e. The maximum absolute atomic E-state index is 12.1. The number of anilines is 2. The van der Waals surface area contributed by atoms with Gasteiger partial charge in [0.15, 0.2) is 0 Å². The number of rotatable bonds is 3. The standard InChI is InChI=1S/C16H15ClN2O3/c1-10-12(17)7-5-9-13(10)18-16(21)19-14-8-4-3-6-11(14)15(20)22-2/h3-9H,1-2H3,(H2,18,19,21). The second kappa shape index (κ2) is 6.95. The molecule has 0 aliphatic rings. The van der Waals surface area contributed by atoms with E-state index in [1.807, 2.05) is 0 Å². The van der Waals surface area contributed by atoms with Crippen LogP contribution in [0.3, 0.4) is 0 Å². The number of esters is 1. The summed E-state index contributed by atoms with van der Waals surface area (Å²) in [7, 11) is 1.29. The topological polar surface area (TPSA) is 67.4 Å². The summed E-state index contributed by atoms with van der Waals surface area (Å²) < 4.78 is 4.68. The van der Waals surface area contributed by atoms with E-state index in [4.69, 9.17) is 11.6 Å². The first kappa shape index (κ1) is 15.9. The van der Waals surface area contributed by atoms with E-state index in [9.17, 15) is 9.59 Å². The molecule has 0 radical (unpaired) electrons. The molecule has 6 heteroatoms. The molecule has 0 heterocycles. The van der Waals surface area contributed by atoms with Gasteiger partial charge in [-0.1, -0.05) is 29.8 Å². The normalized spacial score (nSPS) is 9.95. The van der Waals surface area contributed by atoms with E-state index in [2.05, 4.69) is 15.4 Å². The molecule has 0 saturated heterocycles. The van der Waals surface area contributed by atoms with E-state index in [1.54, 1.807) is 49.4 Å². The molecule has 2 amide bonds. The average molecular weight is 319 g/mol. The van der Waals surface area contributed by atoms with Crippen molar-refractivity contribution in [2.24, 2.45) is 0 Å². The highest BCUT2D eigenvalue weighted by atomic mass is 35.5. The van der Waals surface area contributed by atoms with Gasteiger partial charge in [-0.25, -0.2) is 9.59 Å². The minimum absolute atomic E-state index is 0.281. The third-order valence-electron chi connectivity index (χ3n) is 3.10. The first-order valence-electron chi connectivity index (χ1n) is 6.53. The summed E-state index contributed by atoms with van der Waals surface area (Å²) >= 11 is 6.01. The third-order valence-corrected chi connectivity index (χ3v) is 3.51. The lowest BCUT2D eigenvalue weighted by atomic mass is 10.2. The van der Waals surface area contributed by atoms with Crippen LogP contribution in [0.1, 0.15) is 15.9 Å². The molecule has 0 bridgehead atoms. The Morgan fingerprint density at radius 3 is 2.36 bits per heavy atom. The third kappa shape index (κ3) is 3.56. The number of urea groups is 1. The quantitative estimate of drug-likeness (QED) is 0.838. The maximum atomic E-state index is 12.1. The van der Waals surface area contributed by atoms with Crippen LogP contribution in [0.4, 0.5) is 16.2 Å². The fourth-order valence-electron chi connectivity index (χ4n) is 1.90. The second-order valence-electron chi connectivity index (χ2n) is 4.53. The van der Waals surface area contributed by atoms with Crippen LogP contribution in [0.5, 0.6) is 0 Å². The highest BCUT2D eigenvalue weighted by Crippen LogP contribution is 2.23. The van der Waals surface area contributed by atoms with Crippen molar-refractivity contribution in [1.82, 2.24) is 0 Å². The maximum Gasteiger partial charge on any atom is 0.339 e. The number of hydrogen-bond donors (Lipinski definition) is 2. The van der Waals surface area contributed by atoms with Crippen molar-refractivity contribution >= 4 is 35.0 Å². The predicted octanol–water partition coefficient (Wildman–Crippen LogP) is 4.08. The van der Waals surface area contributed by atoms with Gasteiger partial charge in [0.25, 0.3) is 0 Å². The Hall–Kier alpha value is -2.53. The molecule has 22 heavy (non-hydrogen) atoms. The lowest BCUT2D eigenvalue weighted by Gasteiger charge is -2.12. The highest BCUT2D eigenvalue weighted by Gasteiger charge is 2.13. The van der Waals surface area contributed by atoms with Crippen LogP contribution >= 0.6 is 11.6 Å². The van der Waals surface area contributed by atoms with Crippen molar-refractivity contribution in [1.29, 1.82) is 0 Å². The number of methoxy groups -OCH3 is 1. The van der Waals surface area contributed by atoms with E-state index in [1.165, 1.54) is 7.11 Å². The number of halogens is 1. The van der Waals surface area contributed by atoms with Gasteiger partial charge in [0.2, 0.25) is 0 Å². The summed E-state index contributed by atoms with van der Waals surface area (Å²) in [5.74, 6) is -0.519. The van der Waals surface area contributed by atoms with Crippen molar-refractivity contribution in [2.75, 3.05) is 17.7 Å². The van der Waals surface area contributed by atoms with Gasteiger partial charge in [0, 0.05) is 10.7 Å². The molecule has 2 aromatic rings. The van der Waals surface area contributed by atoms with Gasteiger partial charge in [0.1, 0.15) is 0 Å². The number of carbonyl (C=O) groups excluding carboxylic acids is 2. The van der Waals surface area contributed by atoms with Crippen LogP contribution in [0.15, 0.2) is 42.5 Å². The average Bonchev–Trinajstić information content (AvgIpc) is 2.51. The SMILES string of the molecule is COC(=O)c1ccccc1NC(=O)Nc1cccc(Cl)c1C. The summed E-state index contributed by atoms with van der Waals surface area (Å²) in [6, 6.07) is 11.4. The molecule has 2 aromatic carbocycles. The molecule has 2 rings (SSSR count). The Morgan fingerprint density at radius 2 is 1.64 bits per heavy atom. The highest BCUT2D eigenvalue weighted by molar-refractivity contribution is 6.31. The number of para-hydroxylation sites is 1. The monoisotopic (exact) mass is 318 g/mol. The number of hydrogen-bond acceptors (Lipinski definition) is 3. The molecule has 114 valence electrons. The van der Waals surface area contributed by atoms with E-state index < -0.39 is 12.0 Å². The minimum atomic E-state index is -0.519. The Kier molecular flexibility index (Phi) is 5.01. The fourth-order valence-corrected chi connectivity index (χ4v) is 2.07. The number of carbonyl (C=O) groups is 2. The van der Waals surface area contributed by atoms with Gasteiger partial charge in [0.05, 0.1) is 18.4 Å². The molecule has 2 N–H and O–H groups in total. The number of amides is 2. The predicted molar refractivity (Wildman–Crippen MR) is 86.6 cm³/mol. The zero-order chi connectivity index (χ0) is 16.1. The fraction of sp³-hybridized carbons (Fsp3) is 0.125. The van der Waals surface area contributed by atoms with Crippen LogP contribution < -0.4 is 10.6 Å². The summed E-state index contributed by atoms with van der Waals surface area (Å²) in [4.78, 5) is 23.8. The Bertz CT molecular complexity index is 716. The van der Waals surface area contributed by atoms with Crippen LogP contribution in [-0.4, -0.2) is 19.1 Å². The summed E-state index contributed by atoms with van der Waals surface area (Å²) in [6.45, 7) is 1.81. The van der Waals surface area contributed by atoms with E-state index in [0.29, 0.717) is 16.4 Å². The van der Waals surface area contributed by atoms with E-state index in [0.717, 1.165) is 5.56 Å². The summed E-state index contributed by atoms with van der Waals surface area (Å²) in [5.41, 5.74) is 2.01. The number of ether oxygens (including phenoxy) is 1. The molecule has 0 saturated carbocycles. The number of nitrogens with one attached hydrogen (secondary N) is 2. The van der Waals surface area contributed by atoms with Crippen molar-refractivity contribution in [3.8, 4) is 0 Å². The Morgan fingerprint density at radius 1 is 1.00 bits per heavy atom. The molecule has 0 atom stereocenters. The van der Waals surface area contributed by atoms with Crippen molar-refractivity contribution in [2.45, 2.75) is 6.92 Å². The van der Waals surface area contributed by atoms with Crippen LogP contribution in [-0.2, 0) is 4.74 Å². The van der Waals surface area contributed by atoms with Gasteiger partial charge in [-0.2, -0.15) is 0 Å². The first-order valence-corrected chi connectivity index (χ1v) is 6.91. The molecule has 0 fully saturated rings. The zero-order valence-electron chi connectivity index (χ0n) is 12.1. The summed E-state index contributed by atoms with van der Waals surface area (Å²) in [5, 5.41) is 5.89. The number of benzene rings is 2. The van der Waals surface area contributed by atoms with Crippen LogP contribution in [0.2, 0.25) is 5.02 Å². The van der Waals surface area contributed by atoms with Crippen molar-refractivity contribution < 1.29 is 14.3 Å². The molecule has 5 nitrogen and oxygen atoms in total. The molecular formula is C16H15ClN2O3. The van der Waals surface area contributed by atoms with Crippen LogP contribution in [0, 0.1) is 6.92 Å². The van der Waals surface area contributed by atoms with Gasteiger partial charge in [-0.05, 0) is 36.8 Å². The van der Waals surface area contributed by atoms with E-state index in [-0.39, 0.29) is 5.56 Å². The van der Waals surface area contributed by atoms with Gasteiger partial charge in [-0.3, -0.25) is 0 Å². The molecule has 0 aromatic heterocycles. The molecule has 0 aliphatic heterocycles. The molecule has 0 unspecified atom stereocenters. The second-order valence-corrected chi connectivity index (χ2v) is 4.94. The lowest BCUT2D eigenvalue weighted by molar-refractivity contribution is 0.0602. The Labute approximate surface area is 133 Å².